The fraction of sp³-hybridized carbons (Fsp3) is 0.250. The highest BCUT2D eigenvalue weighted by Gasteiger charge is 2.12. The molecule has 0 saturated heterocycles. The number of halogens is 1. The molecule has 2 N–H and O–H groups in total. The van der Waals surface area contributed by atoms with Crippen LogP contribution >= 0.6 is 22.9 Å². The Kier molecular flexibility index (Phi) is 6.14. The summed E-state index contributed by atoms with van der Waals surface area (Å²) in [7, 11) is 3.28. The van der Waals surface area contributed by atoms with Crippen molar-refractivity contribution in [3.05, 3.63) is 64.1 Å². The van der Waals surface area contributed by atoms with Crippen LogP contribution in [0.2, 0.25) is 5.02 Å². The summed E-state index contributed by atoms with van der Waals surface area (Å²) in [4.78, 5) is 4.76. The van der Waals surface area contributed by atoms with Crippen molar-refractivity contribution in [3.8, 4) is 22.1 Å². The van der Waals surface area contributed by atoms with Crippen molar-refractivity contribution in [2.75, 3.05) is 14.2 Å². The first-order valence-corrected chi connectivity index (χ1v) is 9.62. The first-order chi connectivity index (χ1) is 12.6. The zero-order valence-corrected chi connectivity index (χ0v) is 16.6. The molecule has 26 heavy (non-hydrogen) atoms. The van der Waals surface area contributed by atoms with Crippen LogP contribution in [0.3, 0.4) is 0 Å². The van der Waals surface area contributed by atoms with E-state index >= 15 is 0 Å². The number of nitrogens with zero attached hydrogens (tertiary/aromatic N) is 1. The Morgan fingerprint density at radius 2 is 1.81 bits per heavy atom. The monoisotopic (exact) mass is 389 g/mol. The quantitative estimate of drug-likeness (QED) is 0.655. The SMILES string of the molecule is COc1ccc(-c2nc(C[NH2+][C@H](C)c3ccc(Cl)cc3)cs2)cc1OC. The van der Waals surface area contributed by atoms with E-state index < -0.39 is 0 Å². The van der Waals surface area contributed by atoms with E-state index in [-0.39, 0.29) is 0 Å². The summed E-state index contributed by atoms with van der Waals surface area (Å²) < 4.78 is 10.7. The van der Waals surface area contributed by atoms with E-state index in [0.717, 1.165) is 33.6 Å². The van der Waals surface area contributed by atoms with Crippen molar-refractivity contribution in [2.24, 2.45) is 0 Å². The minimum atomic E-state index is 0.346. The molecule has 1 aromatic heterocycles. The Hall–Kier alpha value is -2.08. The summed E-state index contributed by atoms with van der Waals surface area (Å²) >= 11 is 7.60. The predicted octanol–water partition coefficient (Wildman–Crippen LogP) is 4.31. The molecule has 4 nitrogen and oxygen atoms in total. The second-order valence-corrected chi connectivity index (χ2v) is 7.29. The molecule has 0 aliphatic heterocycles. The highest BCUT2D eigenvalue weighted by molar-refractivity contribution is 7.13. The van der Waals surface area contributed by atoms with Crippen LogP contribution in [0.25, 0.3) is 10.6 Å². The zero-order valence-electron chi connectivity index (χ0n) is 15.0. The van der Waals surface area contributed by atoms with E-state index in [2.05, 4.69) is 29.8 Å². The topological polar surface area (TPSA) is 48.0 Å². The van der Waals surface area contributed by atoms with Gasteiger partial charge in [-0.05, 0) is 37.3 Å². The normalized spacial score (nSPS) is 12.0. The minimum absolute atomic E-state index is 0.346. The molecule has 0 aliphatic rings. The number of hydrogen-bond acceptors (Lipinski definition) is 4. The summed E-state index contributed by atoms with van der Waals surface area (Å²) in [6.45, 7) is 3.01. The third-order valence-corrected chi connectivity index (χ3v) is 5.45. The second kappa shape index (κ2) is 8.54. The molecule has 0 fully saturated rings. The molecule has 0 saturated carbocycles. The molecule has 1 heterocycles. The number of quaternary nitrogens is 1. The van der Waals surface area contributed by atoms with E-state index in [4.69, 9.17) is 26.1 Å². The molecule has 3 rings (SSSR count). The molecule has 0 unspecified atom stereocenters. The van der Waals surface area contributed by atoms with Gasteiger partial charge in [0.25, 0.3) is 0 Å². The lowest BCUT2D eigenvalue weighted by Gasteiger charge is -2.10. The van der Waals surface area contributed by atoms with Crippen LogP contribution in [-0.4, -0.2) is 19.2 Å². The summed E-state index contributed by atoms with van der Waals surface area (Å²) in [6.07, 6.45) is 0. The van der Waals surface area contributed by atoms with Crippen LogP contribution < -0.4 is 14.8 Å². The molecule has 0 spiro atoms. The van der Waals surface area contributed by atoms with E-state index in [1.54, 1.807) is 25.6 Å². The molecular formula is C20H22ClN2O2S+. The average Bonchev–Trinajstić information content (AvgIpc) is 3.15. The number of aromatic nitrogens is 1. The molecular weight excluding hydrogens is 368 g/mol. The van der Waals surface area contributed by atoms with Crippen molar-refractivity contribution in [1.29, 1.82) is 0 Å². The Morgan fingerprint density at radius 3 is 2.50 bits per heavy atom. The van der Waals surface area contributed by atoms with E-state index in [9.17, 15) is 0 Å². The van der Waals surface area contributed by atoms with Crippen LogP contribution in [0.4, 0.5) is 0 Å². The van der Waals surface area contributed by atoms with Gasteiger partial charge in [-0.2, -0.15) is 0 Å². The van der Waals surface area contributed by atoms with Crippen LogP contribution in [0, 0.1) is 0 Å². The number of ether oxygens (including phenoxy) is 2. The molecule has 0 bridgehead atoms. The van der Waals surface area contributed by atoms with Crippen LogP contribution in [0.15, 0.2) is 47.8 Å². The van der Waals surface area contributed by atoms with E-state index in [0.29, 0.717) is 11.8 Å². The van der Waals surface area contributed by atoms with Gasteiger partial charge in [-0.1, -0.05) is 23.7 Å². The molecule has 3 aromatic rings. The Morgan fingerprint density at radius 1 is 1.08 bits per heavy atom. The largest absolute Gasteiger partial charge is 0.493 e. The number of thiazole rings is 1. The maximum absolute atomic E-state index is 5.96. The first-order valence-electron chi connectivity index (χ1n) is 8.36. The molecule has 0 aliphatic carbocycles. The maximum atomic E-state index is 5.96. The summed E-state index contributed by atoms with van der Waals surface area (Å²) in [6, 6.07) is 14.2. The van der Waals surface area contributed by atoms with Gasteiger partial charge >= 0.3 is 0 Å². The number of methoxy groups -OCH3 is 2. The number of rotatable bonds is 7. The van der Waals surface area contributed by atoms with Gasteiger partial charge < -0.3 is 14.8 Å². The van der Waals surface area contributed by atoms with Crippen LogP contribution in [0.1, 0.15) is 24.2 Å². The van der Waals surface area contributed by atoms with Crippen LogP contribution in [-0.2, 0) is 6.54 Å². The summed E-state index contributed by atoms with van der Waals surface area (Å²) in [5.41, 5.74) is 3.36. The Labute approximate surface area is 162 Å². The van der Waals surface area contributed by atoms with E-state index in [1.807, 2.05) is 30.3 Å². The standard InChI is InChI=1S/C20H21ClN2O2S/c1-13(14-4-7-16(21)8-5-14)22-11-17-12-26-20(23-17)15-6-9-18(24-2)19(10-15)25-3/h4-10,12-13,22H,11H2,1-3H3/p+1/t13-/m1/s1. The third-order valence-electron chi connectivity index (χ3n) is 4.26. The fourth-order valence-electron chi connectivity index (χ4n) is 2.70. The van der Waals surface area contributed by atoms with Gasteiger partial charge in [0.05, 0.1) is 14.2 Å². The van der Waals surface area contributed by atoms with Crippen molar-refractivity contribution < 1.29 is 14.8 Å². The minimum Gasteiger partial charge on any atom is -0.493 e. The predicted molar refractivity (Wildman–Crippen MR) is 106 cm³/mol. The molecule has 1 atom stereocenters. The third kappa shape index (κ3) is 4.36. The van der Waals surface area contributed by atoms with Gasteiger partial charge in [0.1, 0.15) is 23.3 Å². The van der Waals surface area contributed by atoms with Crippen LogP contribution in [0.5, 0.6) is 11.5 Å². The van der Waals surface area contributed by atoms with Gasteiger partial charge in [0, 0.05) is 21.5 Å². The lowest BCUT2D eigenvalue weighted by atomic mass is 10.1. The lowest BCUT2D eigenvalue weighted by molar-refractivity contribution is -0.708. The molecule has 6 heteroatoms. The van der Waals surface area contributed by atoms with Crippen molar-refractivity contribution in [2.45, 2.75) is 19.5 Å². The van der Waals surface area contributed by atoms with Gasteiger partial charge in [-0.25, -0.2) is 4.98 Å². The molecule has 0 radical (unpaired) electrons. The number of benzene rings is 2. The highest BCUT2D eigenvalue weighted by atomic mass is 35.5. The average molecular weight is 390 g/mol. The molecule has 2 aromatic carbocycles. The Bertz CT molecular complexity index is 865. The van der Waals surface area contributed by atoms with Gasteiger partial charge in [-0.15, -0.1) is 11.3 Å². The summed E-state index contributed by atoms with van der Waals surface area (Å²) in [5.74, 6) is 1.43. The number of nitrogens with two attached hydrogens (primary N) is 1. The fourth-order valence-corrected chi connectivity index (χ4v) is 3.66. The Balaban J connectivity index is 1.67. The summed E-state index contributed by atoms with van der Waals surface area (Å²) in [5, 5.41) is 6.13. The molecule has 0 amide bonds. The van der Waals surface area contributed by atoms with Gasteiger partial charge in [0.2, 0.25) is 0 Å². The van der Waals surface area contributed by atoms with Gasteiger partial charge in [-0.3, -0.25) is 0 Å². The van der Waals surface area contributed by atoms with Crippen molar-refractivity contribution >= 4 is 22.9 Å². The second-order valence-electron chi connectivity index (χ2n) is 5.99. The first kappa shape index (κ1) is 18.7. The highest BCUT2D eigenvalue weighted by Crippen LogP contribution is 2.33. The van der Waals surface area contributed by atoms with Gasteiger partial charge in [0.15, 0.2) is 11.5 Å². The molecule has 136 valence electrons. The van der Waals surface area contributed by atoms with Crippen molar-refractivity contribution in [1.82, 2.24) is 4.98 Å². The smallest absolute Gasteiger partial charge is 0.161 e. The van der Waals surface area contributed by atoms with E-state index in [1.165, 1.54) is 5.56 Å². The zero-order chi connectivity index (χ0) is 18.5. The van der Waals surface area contributed by atoms with Crippen molar-refractivity contribution in [3.63, 3.8) is 0 Å². The number of hydrogen-bond donors (Lipinski definition) is 1. The maximum Gasteiger partial charge on any atom is 0.161 e. The lowest BCUT2D eigenvalue weighted by Crippen LogP contribution is -2.83.